The van der Waals surface area contributed by atoms with Crippen LogP contribution in [-0.2, 0) is 4.79 Å². The number of aryl methyl sites for hydroxylation is 2. The molecule has 1 aromatic carbocycles. The number of amides is 1. The highest BCUT2D eigenvalue weighted by molar-refractivity contribution is 5.81. The molecule has 0 saturated carbocycles. The van der Waals surface area contributed by atoms with Gasteiger partial charge < -0.3 is 9.64 Å². The first-order chi connectivity index (χ1) is 9.47. The van der Waals surface area contributed by atoms with Crippen LogP contribution in [0.15, 0.2) is 18.2 Å². The number of benzene rings is 1. The maximum Gasteiger partial charge on any atom is 0.263 e. The van der Waals surface area contributed by atoms with E-state index in [2.05, 4.69) is 13.0 Å². The summed E-state index contributed by atoms with van der Waals surface area (Å²) < 4.78 is 5.88. The van der Waals surface area contributed by atoms with Crippen molar-refractivity contribution >= 4 is 5.91 Å². The standard InChI is InChI=1S/C17H25NO2/c1-12-7-9-18(10-8-12)17(19)15(4)20-16-11-13(2)5-6-14(16)3/h5-6,11-12,15H,7-10H2,1-4H3/t15-/m1/s1. The summed E-state index contributed by atoms with van der Waals surface area (Å²) in [5, 5.41) is 0. The number of piperidine rings is 1. The first-order valence-corrected chi connectivity index (χ1v) is 7.50. The second kappa shape index (κ2) is 6.29. The molecule has 1 fully saturated rings. The molecule has 2 rings (SSSR count). The van der Waals surface area contributed by atoms with Crippen molar-refractivity contribution in [1.82, 2.24) is 4.90 Å². The van der Waals surface area contributed by atoms with Gasteiger partial charge >= 0.3 is 0 Å². The van der Waals surface area contributed by atoms with Crippen LogP contribution in [0.1, 0.15) is 37.8 Å². The normalized spacial score (nSPS) is 17.9. The minimum Gasteiger partial charge on any atom is -0.481 e. The Morgan fingerprint density at radius 3 is 2.60 bits per heavy atom. The van der Waals surface area contributed by atoms with Gasteiger partial charge in [-0.05, 0) is 56.7 Å². The van der Waals surface area contributed by atoms with Crippen LogP contribution >= 0.6 is 0 Å². The van der Waals surface area contributed by atoms with E-state index in [1.165, 1.54) is 0 Å². The minimum atomic E-state index is -0.413. The lowest BCUT2D eigenvalue weighted by molar-refractivity contribution is -0.139. The highest BCUT2D eigenvalue weighted by Crippen LogP contribution is 2.22. The van der Waals surface area contributed by atoms with Gasteiger partial charge in [0.25, 0.3) is 5.91 Å². The van der Waals surface area contributed by atoms with Crippen molar-refractivity contribution in [2.24, 2.45) is 5.92 Å². The third kappa shape index (κ3) is 3.53. The van der Waals surface area contributed by atoms with Crippen LogP contribution in [0.5, 0.6) is 5.75 Å². The molecule has 0 N–H and O–H groups in total. The molecular weight excluding hydrogens is 250 g/mol. The molecular formula is C17H25NO2. The quantitative estimate of drug-likeness (QED) is 0.847. The van der Waals surface area contributed by atoms with Gasteiger partial charge in [0.05, 0.1) is 0 Å². The van der Waals surface area contributed by atoms with Gasteiger partial charge in [-0.15, -0.1) is 0 Å². The van der Waals surface area contributed by atoms with Gasteiger partial charge in [-0.2, -0.15) is 0 Å². The van der Waals surface area contributed by atoms with Crippen molar-refractivity contribution in [3.05, 3.63) is 29.3 Å². The first-order valence-electron chi connectivity index (χ1n) is 7.50. The summed E-state index contributed by atoms with van der Waals surface area (Å²) in [7, 11) is 0. The average molecular weight is 275 g/mol. The van der Waals surface area contributed by atoms with Gasteiger partial charge in [0.1, 0.15) is 5.75 Å². The second-order valence-corrected chi connectivity index (χ2v) is 6.04. The number of nitrogens with zero attached hydrogens (tertiary/aromatic N) is 1. The van der Waals surface area contributed by atoms with Crippen LogP contribution in [0.3, 0.4) is 0 Å². The van der Waals surface area contributed by atoms with E-state index in [0.29, 0.717) is 0 Å². The lowest BCUT2D eigenvalue weighted by Gasteiger charge is -2.32. The summed E-state index contributed by atoms with van der Waals surface area (Å²) in [6.45, 7) is 9.86. The van der Waals surface area contributed by atoms with Crippen molar-refractivity contribution in [3.8, 4) is 5.75 Å². The summed E-state index contributed by atoms with van der Waals surface area (Å²) in [6, 6.07) is 6.09. The van der Waals surface area contributed by atoms with Gasteiger partial charge in [-0.25, -0.2) is 0 Å². The number of likely N-dealkylation sites (tertiary alicyclic amines) is 1. The van der Waals surface area contributed by atoms with Gasteiger partial charge in [0, 0.05) is 13.1 Å². The smallest absolute Gasteiger partial charge is 0.263 e. The van der Waals surface area contributed by atoms with Crippen molar-refractivity contribution < 1.29 is 9.53 Å². The molecule has 0 aromatic heterocycles. The fourth-order valence-corrected chi connectivity index (χ4v) is 2.56. The summed E-state index contributed by atoms with van der Waals surface area (Å²) in [6.07, 6.45) is 1.79. The number of ether oxygens (including phenoxy) is 1. The Morgan fingerprint density at radius 1 is 1.30 bits per heavy atom. The molecule has 1 atom stereocenters. The van der Waals surface area contributed by atoms with Crippen LogP contribution in [0.25, 0.3) is 0 Å². The van der Waals surface area contributed by atoms with E-state index in [9.17, 15) is 4.79 Å². The SMILES string of the molecule is Cc1ccc(C)c(O[C@H](C)C(=O)N2CCC(C)CC2)c1. The van der Waals surface area contributed by atoms with Crippen molar-refractivity contribution in [1.29, 1.82) is 0 Å². The Bertz CT molecular complexity index is 476. The van der Waals surface area contributed by atoms with E-state index >= 15 is 0 Å². The molecule has 20 heavy (non-hydrogen) atoms. The minimum absolute atomic E-state index is 0.109. The molecule has 1 aliphatic heterocycles. The number of carbonyl (C=O) groups is 1. The van der Waals surface area contributed by atoms with Gasteiger partial charge in [0.2, 0.25) is 0 Å². The molecule has 3 heteroatoms. The van der Waals surface area contributed by atoms with E-state index in [4.69, 9.17) is 4.74 Å². The van der Waals surface area contributed by atoms with Crippen molar-refractivity contribution in [2.45, 2.75) is 46.6 Å². The van der Waals surface area contributed by atoms with Crippen LogP contribution < -0.4 is 4.74 Å². The zero-order chi connectivity index (χ0) is 14.7. The average Bonchev–Trinajstić information content (AvgIpc) is 2.43. The Hall–Kier alpha value is -1.51. The van der Waals surface area contributed by atoms with Crippen LogP contribution in [-0.4, -0.2) is 30.0 Å². The molecule has 1 aliphatic rings. The van der Waals surface area contributed by atoms with Gasteiger partial charge in [-0.1, -0.05) is 19.1 Å². The summed E-state index contributed by atoms with van der Waals surface area (Å²) in [5.74, 6) is 1.66. The molecule has 1 aromatic rings. The summed E-state index contributed by atoms with van der Waals surface area (Å²) in [5.41, 5.74) is 2.22. The number of hydrogen-bond acceptors (Lipinski definition) is 2. The Kier molecular flexibility index (Phi) is 4.69. The fraction of sp³-hybridized carbons (Fsp3) is 0.588. The van der Waals surface area contributed by atoms with Crippen LogP contribution in [0.2, 0.25) is 0 Å². The lowest BCUT2D eigenvalue weighted by Crippen LogP contribution is -2.44. The fourth-order valence-electron chi connectivity index (χ4n) is 2.56. The maximum absolute atomic E-state index is 12.4. The molecule has 0 bridgehead atoms. The highest BCUT2D eigenvalue weighted by Gasteiger charge is 2.25. The third-order valence-corrected chi connectivity index (χ3v) is 4.09. The van der Waals surface area contributed by atoms with E-state index in [1.54, 1.807) is 0 Å². The monoisotopic (exact) mass is 275 g/mol. The Morgan fingerprint density at radius 2 is 1.95 bits per heavy atom. The molecule has 1 amide bonds. The molecule has 0 spiro atoms. The Balaban J connectivity index is 1.98. The highest BCUT2D eigenvalue weighted by atomic mass is 16.5. The summed E-state index contributed by atoms with van der Waals surface area (Å²) in [4.78, 5) is 14.3. The molecule has 1 saturated heterocycles. The Labute approximate surface area is 121 Å². The number of carbonyl (C=O) groups excluding carboxylic acids is 1. The number of rotatable bonds is 3. The molecule has 0 unspecified atom stereocenters. The zero-order valence-electron chi connectivity index (χ0n) is 13.0. The lowest BCUT2D eigenvalue weighted by atomic mass is 9.99. The molecule has 3 nitrogen and oxygen atoms in total. The molecule has 0 aliphatic carbocycles. The van der Waals surface area contributed by atoms with E-state index < -0.39 is 6.10 Å². The van der Waals surface area contributed by atoms with E-state index in [0.717, 1.165) is 48.7 Å². The second-order valence-electron chi connectivity index (χ2n) is 6.04. The van der Waals surface area contributed by atoms with Crippen LogP contribution in [0.4, 0.5) is 0 Å². The number of hydrogen-bond donors (Lipinski definition) is 0. The predicted octanol–water partition coefficient (Wildman–Crippen LogP) is 3.33. The predicted molar refractivity (Wildman–Crippen MR) is 81.0 cm³/mol. The topological polar surface area (TPSA) is 29.5 Å². The summed E-state index contributed by atoms with van der Waals surface area (Å²) >= 11 is 0. The van der Waals surface area contributed by atoms with E-state index in [-0.39, 0.29) is 5.91 Å². The molecule has 0 radical (unpaired) electrons. The zero-order valence-corrected chi connectivity index (χ0v) is 13.0. The van der Waals surface area contributed by atoms with Gasteiger partial charge in [0.15, 0.2) is 6.10 Å². The van der Waals surface area contributed by atoms with Crippen molar-refractivity contribution in [2.75, 3.05) is 13.1 Å². The maximum atomic E-state index is 12.4. The first kappa shape index (κ1) is 14.9. The largest absolute Gasteiger partial charge is 0.481 e. The van der Waals surface area contributed by atoms with Gasteiger partial charge in [-0.3, -0.25) is 4.79 Å². The molecule has 1 heterocycles. The third-order valence-electron chi connectivity index (χ3n) is 4.09. The van der Waals surface area contributed by atoms with Crippen LogP contribution in [0, 0.1) is 19.8 Å². The molecule has 110 valence electrons. The van der Waals surface area contributed by atoms with Crippen molar-refractivity contribution in [3.63, 3.8) is 0 Å². The van der Waals surface area contributed by atoms with E-state index in [1.807, 2.05) is 37.8 Å².